The van der Waals surface area contributed by atoms with E-state index in [0.29, 0.717) is 11.8 Å². The first-order valence-electron chi connectivity index (χ1n) is 10.5. The zero-order valence-electron chi connectivity index (χ0n) is 17.0. The second-order valence-corrected chi connectivity index (χ2v) is 10.6. The molecule has 0 spiro atoms. The van der Waals surface area contributed by atoms with E-state index in [4.69, 9.17) is 9.47 Å². The zero-order chi connectivity index (χ0) is 18.1. The quantitative estimate of drug-likeness (QED) is 0.719. The van der Waals surface area contributed by atoms with Gasteiger partial charge in [-0.1, -0.05) is 20.8 Å². The van der Waals surface area contributed by atoms with Crippen LogP contribution in [0.15, 0.2) is 0 Å². The summed E-state index contributed by atoms with van der Waals surface area (Å²) in [7, 11) is 3.60. The molecule has 4 rings (SSSR count). The summed E-state index contributed by atoms with van der Waals surface area (Å²) in [5.41, 5.74) is 0.268. The minimum Gasteiger partial charge on any atom is -0.389 e. The van der Waals surface area contributed by atoms with E-state index in [0.717, 1.165) is 25.7 Å². The molecule has 4 aliphatic carbocycles. The van der Waals surface area contributed by atoms with Crippen LogP contribution in [0.5, 0.6) is 0 Å². The van der Waals surface area contributed by atoms with Crippen molar-refractivity contribution in [3.63, 3.8) is 0 Å². The predicted octanol–water partition coefficient (Wildman–Crippen LogP) is 4.91. The lowest BCUT2D eigenvalue weighted by Crippen LogP contribution is -2.65. The van der Waals surface area contributed by atoms with Gasteiger partial charge >= 0.3 is 0 Å². The summed E-state index contributed by atoms with van der Waals surface area (Å²) in [4.78, 5) is 0. The lowest BCUT2D eigenvalue weighted by molar-refractivity contribution is -0.292. The Balaban J connectivity index is 1.68. The van der Waals surface area contributed by atoms with Crippen LogP contribution in [0.3, 0.4) is 0 Å². The lowest BCUT2D eigenvalue weighted by atomic mass is 9.39. The van der Waals surface area contributed by atoms with E-state index < -0.39 is 11.4 Å². The van der Waals surface area contributed by atoms with Crippen molar-refractivity contribution < 1.29 is 14.6 Å². The number of hydrogen-bond donors (Lipinski definition) is 1. The highest BCUT2D eigenvalue weighted by atomic mass is 16.7. The summed E-state index contributed by atoms with van der Waals surface area (Å²) in [6, 6.07) is 0. The van der Waals surface area contributed by atoms with Crippen molar-refractivity contribution in [1.82, 2.24) is 0 Å². The third-order valence-corrected chi connectivity index (χ3v) is 10.1. The number of hydrogen-bond acceptors (Lipinski definition) is 3. The zero-order valence-corrected chi connectivity index (χ0v) is 17.0. The molecule has 0 bridgehead atoms. The maximum Gasteiger partial charge on any atom is 0.168 e. The van der Waals surface area contributed by atoms with Gasteiger partial charge in [-0.15, -0.1) is 0 Å². The number of rotatable bonds is 2. The van der Waals surface area contributed by atoms with E-state index in [1.807, 2.05) is 0 Å². The third-order valence-electron chi connectivity index (χ3n) is 10.1. The molecule has 0 unspecified atom stereocenters. The molecule has 0 saturated heterocycles. The van der Waals surface area contributed by atoms with Crippen molar-refractivity contribution in [1.29, 1.82) is 0 Å². The monoisotopic (exact) mass is 350 g/mol. The van der Waals surface area contributed by atoms with Crippen LogP contribution in [-0.4, -0.2) is 30.7 Å². The molecule has 0 heterocycles. The molecule has 4 saturated carbocycles. The summed E-state index contributed by atoms with van der Waals surface area (Å²) in [5, 5.41) is 11.8. The molecule has 0 aromatic carbocycles. The van der Waals surface area contributed by atoms with E-state index in [1.165, 1.54) is 38.5 Å². The molecule has 0 aromatic rings. The summed E-state index contributed by atoms with van der Waals surface area (Å²) in [5.74, 6) is 0.729. The standard InChI is InChI=1S/C22H38O3/c1-18-9-6-10-22(18,23)17-8-12-19(2)15-21(24-4,25-5)14-13-20(19,3)16(17)7-11-18/h16-17,23H,6-15H2,1-5H3/t16-,17+,18+,19-,20-,22+/m0/s1. The van der Waals surface area contributed by atoms with Crippen LogP contribution in [-0.2, 0) is 9.47 Å². The van der Waals surface area contributed by atoms with Crippen LogP contribution in [0.4, 0.5) is 0 Å². The molecule has 3 nitrogen and oxygen atoms in total. The van der Waals surface area contributed by atoms with Crippen molar-refractivity contribution in [2.45, 2.75) is 96.4 Å². The van der Waals surface area contributed by atoms with Gasteiger partial charge in [0.05, 0.1) is 5.60 Å². The van der Waals surface area contributed by atoms with E-state index in [9.17, 15) is 5.11 Å². The molecule has 4 fully saturated rings. The summed E-state index contributed by atoms with van der Waals surface area (Å²) in [6.45, 7) is 7.37. The predicted molar refractivity (Wildman–Crippen MR) is 99.2 cm³/mol. The number of ether oxygens (including phenoxy) is 2. The average molecular weight is 351 g/mol. The second kappa shape index (κ2) is 5.45. The highest BCUT2D eigenvalue weighted by Crippen LogP contribution is 2.71. The Bertz CT molecular complexity index is 543. The van der Waals surface area contributed by atoms with Crippen LogP contribution in [0, 0.1) is 28.1 Å². The van der Waals surface area contributed by atoms with Crippen LogP contribution in [0.25, 0.3) is 0 Å². The van der Waals surface area contributed by atoms with Crippen LogP contribution in [0.2, 0.25) is 0 Å². The van der Waals surface area contributed by atoms with Crippen molar-refractivity contribution in [2.75, 3.05) is 14.2 Å². The first-order valence-corrected chi connectivity index (χ1v) is 10.5. The minimum absolute atomic E-state index is 0.162. The Hall–Kier alpha value is -0.120. The second-order valence-electron chi connectivity index (χ2n) is 10.6. The minimum atomic E-state index is -0.419. The summed E-state index contributed by atoms with van der Waals surface area (Å²) < 4.78 is 11.7. The molecular formula is C22H38O3. The van der Waals surface area contributed by atoms with Crippen LogP contribution in [0.1, 0.15) is 85.0 Å². The fraction of sp³-hybridized carbons (Fsp3) is 1.00. The largest absolute Gasteiger partial charge is 0.389 e. The van der Waals surface area contributed by atoms with Gasteiger partial charge in [-0.25, -0.2) is 0 Å². The Morgan fingerprint density at radius 2 is 1.40 bits per heavy atom. The van der Waals surface area contributed by atoms with Gasteiger partial charge in [0, 0.05) is 27.1 Å². The molecule has 144 valence electrons. The lowest BCUT2D eigenvalue weighted by Gasteiger charge is -2.67. The normalized spacial score (nSPS) is 54.5. The van der Waals surface area contributed by atoms with E-state index in [-0.39, 0.29) is 16.2 Å². The van der Waals surface area contributed by atoms with Gasteiger partial charge < -0.3 is 14.6 Å². The number of fused-ring (bicyclic) bond motifs is 5. The fourth-order valence-electron chi connectivity index (χ4n) is 8.00. The van der Waals surface area contributed by atoms with Crippen LogP contribution < -0.4 is 0 Å². The van der Waals surface area contributed by atoms with E-state index in [1.54, 1.807) is 14.2 Å². The highest BCUT2D eigenvalue weighted by Gasteiger charge is 2.68. The molecule has 1 N–H and O–H groups in total. The maximum atomic E-state index is 11.8. The Kier molecular flexibility index (Phi) is 3.98. The number of aliphatic hydroxyl groups is 1. The smallest absolute Gasteiger partial charge is 0.168 e. The third kappa shape index (κ3) is 2.15. The van der Waals surface area contributed by atoms with Crippen molar-refractivity contribution in [2.24, 2.45) is 28.1 Å². The Morgan fingerprint density at radius 1 is 0.760 bits per heavy atom. The van der Waals surface area contributed by atoms with E-state index in [2.05, 4.69) is 20.8 Å². The Labute approximate surface area is 153 Å². The van der Waals surface area contributed by atoms with Gasteiger partial charge in [0.15, 0.2) is 5.79 Å². The molecule has 0 aromatic heterocycles. The van der Waals surface area contributed by atoms with Gasteiger partial charge in [0.2, 0.25) is 0 Å². The van der Waals surface area contributed by atoms with E-state index >= 15 is 0 Å². The van der Waals surface area contributed by atoms with Crippen molar-refractivity contribution in [3.05, 3.63) is 0 Å². The van der Waals surface area contributed by atoms with Crippen molar-refractivity contribution >= 4 is 0 Å². The van der Waals surface area contributed by atoms with Gasteiger partial charge in [-0.3, -0.25) is 0 Å². The number of methoxy groups -OCH3 is 2. The van der Waals surface area contributed by atoms with Gasteiger partial charge in [-0.05, 0) is 79.4 Å². The van der Waals surface area contributed by atoms with Gasteiger partial charge in [0.1, 0.15) is 0 Å². The SMILES string of the molecule is COC1(OC)CC[C@@]2(C)[C@H]3CC[C@@]4(C)CCC[C@@]4(O)[C@@H]3CC[C@@]2(C)C1. The maximum absolute atomic E-state index is 11.8. The van der Waals surface area contributed by atoms with Gasteiger partial charge in [0.25, 0.3) is 0 Å². The molecule has 0 amide bonds. The molecule has 3 heteroatoms. The topological polar surface area (TPSA) is 38.7 Å². The van der Waals surface area contributed by atoms with Crippen LogP contribution >= 0.6 is 0 Å². The summed E-state index contributed by atoms with van der Waals surface area (Å²) >= 11 is 0. The average Bonchev–Trinajstić information content (AvgIpc) is 2.90. The molecule has 0 aliphatic heterocycles. The fourth-order valence-corrected chi connectivity index (χ4v) is 8.00. The first-order chi connectivity index (χ1) is 11.7. The van der Waals surface area contributed by atoms with Gasteiger partial charge in [-0.2, -0.15) is 0 Å². The Morgan fingerprint density at radius 3 is 2.08 bits per heavy atom. The molecule has 25 heavy (non-hydrogen) atoms. The molecule has 4 aliphatic rings. The molecule has 6 atom stereocenters. The first kappa shape index (κ1) is 18.3. The molecular weight excluding hydrogens is 312 g/mol. The van der Waals surface area contributed by atoms with Crippen molar-refractivity contribution in [3.8, 4) is 0 Å². The molecule has 0 radical (unpaired) electrons. The summed E-state index contributed by atoms with van der Waals surface area (Å²) in [6.07, 6.45) is 11.4. The highest BCUT2D eigenvalue weighted by molar-refractivity contribution is 5.17.